The molecule has 0 atom stereocenters. The molecule has 7 nitrogen and oxygen atoms in total. The lowest BCUT2D eigenvalue weighted by Crippen LogP contribution is -1.94. The maximum absolute atomic E-state index is 5.67. The van der Waals surface area contributed by atoms with Crippen molar-refractivity contribution in [2.45, 2.75) is 23.2 Å². The second kappa shape index (κ2) is 8.59. The second-order valence-electron chi connectivity index (χ2n) is 5.44. The molecule has 0 radical (unpaired) electrons. The van der Waals surface area contributed by atoms with E-state index in [1.54, 1.807) is 33.1 Å². The molecule has 0 amide bonds. The van der Waals surface area contributed by atoms with Crippen LogP contribution < -0.4 is 14.2 Å². The molecule has 2 heterocycles. The first-order valence-electron chi connectivity index (χ1n) is 8.10. The lowest BCUT2D eigenvalue weighted by atomic mass is 10.1. The normalized spacial score (nSPS) is 11.1. The third-order valence-electron chi connectivity index (χ3n) is 3.97. The number of aryl methyl sites for hydroxylation is 1. The van der Waals surface area contributed by atoms with Gasteiger partial charge in [0.1, 0.15) is 0 Å². The van der Waals surface area contributed by atoms with Gasteiger partial charge in [-0.1, -0.05) is 23.5 Å². The number of H-pyrrole nitrogens is 2. The molecular weight excluding hydrogens is 372 g/mol. The highest BCUT2D eigenvalue weighted by atomic mass is 32.2. The fourth-order valence-corrected chi connectivity index (χ4v) is 3.95. The Morgan fingerprint density at radius 1 is 1.08 bits per heavy atom. The molecule has 0 bridgehead atoms. The molecule has 9 heteroatoms. The standard InChI is InChI=1S/C17H22N4O3S2/c1-22-12-8-7-10-13(15(12)24-3)14(23-2)11(18-10)6-5-9-26-17-19-16(25-4)20-21-17/h7-8,18H,5-6,9H2,1-4H3,(H,19,20,21). The van der Waals surface area contributed by atoms with Crippen molar-refractivity contribution in [3.8, 4) is 17.2 Å². The van der Waals surface area contributed by atoms with E-state index < -0.39 is 0 Å². The highest BCUT2D eigenvalue weighted by molar-refractivity contribution is 7.99. The minimum Gasteiger partial charge on any atom is -0.494 e. The molecule has 0 aliphatic carbocycles. The Hall–Kier alpha value is -2.00. The first-order chi connectivity index (χ1) is 12.7. The summed E-state index contributed by atoms with van der Waals surface area (Å²) in [6, 6.07) is 3.87. The molecule has 0 fully saturated rings. The summed E-state index contributed by atoms with van der Waals surface area (Å²) in [7, 11) is 4.95. The zero-order valence-electron chi connectivity index (χ0n) is 15.2. The van der Waals surface area contributed by atoms with E-state index in [1.807, 2.05) is 18.4 Å². The van der Waals surface area contributed by atoms with Crippen LogP contribution in [-0.2, 0) is 6.42 Å². The average molecular weight is 395 g/mol. The molecule has 0 aliphatic rings. The van der Waals surface area contributed by atoms with Crippen LogP contribution in [0.3, 0.4) is 0 Å². The van der Waals surface area contributed by atoms with Crippen LogP contribution in [0.5, 0.6) is 17.2 Å². The average Bonchev–Trinajstić information content (AvgIpc) is 3.27. The molecule has 3 aromatic rings. The van der Waals surface area contributed by atoms with E-state index in [1.165, 1.54) is 11.8 Å². The molecule has 0 spiro atoms. The van der Waals surface area contributed by atoms with Crippen molar-refractivity contribution in [3.05, 3.63) is 17.8 Å². The third-order valence-corrected chi connectivity index (χ3v) is 5.47. The van der Waals surface area contributed by atoms with Gasteiger partial charge in [0.2, 0.25) is 5.16 Å². The van der Waals surface area contributed by atoms with Gasteiger partial charge in [-0.25, -0.2) is 0 Å². The van der Waals surface area contributed by atoms with E-state index >= 15 is 0 Å². The Balaban J connectivity index is 1.73. The fraction of sp³-hybridized carbons (Fsp3) is 0.412. The highest BCUT2D eigenvalue weighted by Crippen LogP contribution is 2.42. The molecular formula is C17H22N4O3S2. The minimum atomic E-state index is 0.685. The van der Waals surface area contributed by atoms with Crippen LogP contribution in [0.25, 0.3) is 10.9 Å². The minimum absolute atomic E-state index is 0.685. The first-order valence-corrected chi connectivity index (χ1v) is 10.3. The van der Waals surface area contributed by atoms with E-state index in [4.69, 9.17) is 14.2 Å². The van der Waals surface area contributed by atoms with E-state index in [-0.39, 0.29) is 0 Å². The summed E-state index contributed by atoms with van der Waals surface area (Å²) in [5.74, 6) is 3.12. The number of aromatic nitrogens is 4. The number of nitrogens with zero attached hydrogens (tertiary/aromatic N) is 2. The summed E-state index contributed by atoms with van der Waals surface area (Å²) in [6.45, 7) is 0. The van der Waals surface area contributed by atoms with Gasteiger partial charge in [0.25, 0.3) is 0 Å². The molecule has 0 saturated heterocycles. The molecule has 3 rings (SSSR count). The van der Waals surface area contributed by atoms with Crippen molar-refractivity contribution in [2.75, 3.05) is 33.3 Å². The number of ether oxygens (including phenoxy) is 3. The highest BCUT2D eigenvalue weighted by Gasteiger charge is 2.19. The summed E-state index contributed by atoms with van der Waals surface area (Å²) < 4.78 is 16.6. The lowest BCUT2D eigenvalue weighted by molar-refractivity contribution is 0.356. The molecule has 0 saturated carbocycles. The maximum atomic E-state index is 5.67. The molecule has 2 aromatic heterocycles. The Morgan fingerprint density at radius 2 is 1.88 bits per heavy atom. The number of nitrogens with one attached hydrogen (secondary N) is 2. The predicted molar refractivity (Wildman–Crippen MR) is 105 cm³/mol. The zero-order chi connectivity index (χ0) is 18.5. The van der Waals surface area contributed by atoms with Crippen LogP contribution in [0, 0.1) is 0 Å². The van der Waals surface area contributed by atoms with E-state index in [2.05, 4.69) is 20.2 Å². The lowest BCUT2D eigenvalue weighted by Gasteiger charge is -2.09. The summed E-state index contributed by atoms with van der Waals surface area (Å²) in [4.78, 5) is 7.82. The number of thioether (sulfide) groups is 2. The van der Waals surface area contributed by atoms with Crippen LogP contribution in [0.2, 0.25) is 0 Å². The molecule has 140 valence electrons. The van der Waals surface area contributed by atoms with E-state index in [0.717, 1.165) is 51.3 Å². The van der Waals surface area contributed by atoms with Crippen LogP contribution in [-0.4, -0.2) is 53.5 Å². The smallest absolute Gasteiger partial charge is 0.208 e. The van der Waals surface area contributed by atoms with Crippen molar-refractivity contribution in [1.29, 1.82) is 0 Å². The zero-order valence-corrected chi connectivity index (χ0v) is 16.8. The summed E-state index contributed by atoms with van der Waals surface area (Å²) >= 11 is 3.20. The van der Waals surface area contributed by atoms with Gasteiger partial charge in [0.15, 0.2) is 22.4 Å². The molecule has 1 aromatic carbocycles. The number of fused-ring (bicyclic) bond motifs is 1. The fourth-order valence-electron chi connectivity index (χ4n) is 2.83. The van der Waals surface area contributed by atoms with Crippen LogP contribution in [0.1, 0.15) is 12.1 Å². The van der Waals surface area contributed by atoms with Gasteiger partial charge in [-0.2, -0.15) is 4.98 Å². The number of hydrogen-bond donors (Lipinski definition) is 2. The predicted octanol–water partition coefficient (Wildman–Crippen LogP) is 3.76. The maximum Gasteiger partial charge on any atom is 0.208 e. The van der Waals surface area contributed by atoms with Gasteiger partial charge < -0.3 is 19.2 Å². The van der Waals surface area contributed by atoms with Crippen molar-refractivity contribution >= 4 is 34.4 Å². The topological polar surface area (TPSA) is 85.1 Å². The van der Waals surface area contributed by atoms with Crippen LogP contribution >= 0.6 is 23.5 Å². The Kier molecular flexibility index (Phi) is 6.20. The number of hydrogen-bond acceptors (Lipinski definition) is 7. The van der Waals surface area contributed by atoms with Crippen molar-refractivity contribution < 1.29 is 14.2 Å². The summed E-state index contributed by atoms with van der Waals surface area (Å²) in [6.07, 6.45) is 3.80. The number of benzene rings is 1. The molecule has 0 unspecified atom stereocenters. The van der Waals surface area contributed by atoms with Gasteiger partial charge in [0, 0.05) is 5.75 Å². The third kappa shape index (κ3) is 3.73. The molecule has 2 N–H and O–H groups in total. The van der Waals surface area contributed by atoms with Crippen molar-refractivity contribution in [2.24, 2.45) is 0 Å². The van der Waals surface area contributed by atoms with Crippen molar-refractivity contribution in [1.82, 2.24) is 20.2 Å². The van der Waals surface area contributed by atoms with Gasteiger partial charge in [-0.15, -0.1) is 5.10 Å². The van der Waals surface area contributed by atoms with Crippen molar-refractivity contribution in [3.63, 3.8) is 0 Å². The Labute approximate surface area is 160 Å². The number of aromatic amines is 2. The summed E-state index contributed by atoms with van der Waals surface area (Å²) in [5, 5.41) is 9.60. The van der Waals surface area contributed by atoms with Gasteiger partial charge in [-0.3, -0.25) is 5.10 Å². The number of methoxy groups -OCH3 is 3. The molecule has 0 aliphatic heterocycles. The Bertz CT molecular complexity index is 878. The molecule has 26 heavy (non-hydrogen) atoms. The first kappa shape index (κ1) is 18.8. The van der Waals surface area contributed by atoms with E-state index in [0.29, 0.717) is 11.5 Å². The SMILES string of the molecule is COc1ccc2[nH]c(CCCSc3nc(SC)n[nH]3)c(OC)c2c1OC. The van der Waals surface area contributed by atoms with Gasteiger partial charge in [0.05, 0.1) is 37.9 Å². The monoisotopic (exact) mass is 394 g/mol. The van der Waals surface area contributed by atoms with Crippen LogP contribution in [0.15, 0.2) is 22.4 Å². The summed E-state index contributed by atoms with van der Waals surface area (Å²) in [5.41, 5.74) is 2.03. The van der Waals surface area contributed by atoms with Gasteiger partial charge >= 0.3 is 0 Å². The van der Waals surface area contributed by atoms with Crippen LogP contribution in [0.4, 0.5) is 0 Å². The largest absolute Gasteiger partial charge is 0.494 e. The number of rotatable bonds is 9. The Morgan fingerprint density at radius 3 is 2.54 bits per heavy atom. The van der Waals surface area contributed by atoms with Gasteiger partial charge in [-0.05, 0) is 31.2 Å². The van der Waals surface area contributed by atoms with E-state index in [9.17, 15) is 0 Å². The quantitative estimate of drug-likeness (QED) is 0.422. The second-order valence-corrected chi connectivity index (χ2v) is 7.30.